The fraction of sp³-hybridized carbons (Fsp3) is 0.951. The van der Waals surface area contributed by atoms with Crippen LogP contribution in [-0.2, 0) is 65.4 Å². The monoisotopic (exact) mass is 1480 g/mol. The maximum atomic E-state index is 13.1. The minimum absolute atomic E-state index is 0.103. The molecule has 0 aliphatic rings. The normalized spacial score (nSPS) is 14.4. The fourth-order valence-electron chi connectivity index (χ4n) is 12.6. The highest BCUT2D eigenvalue weighted by Crippen LogP contribution is 2.45. The van der Waals surface area contributed by atoms with E-state index in [-0.39, 0.29) is 25.7 Å². The second-order valence-electron chi connectivity index (χ2n) is 30.0. The van der Waals surface area contributed by atoms with Crippen molar-refractivity contribution in [1.29, 1.82) is 0 Å². The number of phosphoric acid groups is 2. The van der Waals surface area contributed by atoms with Crippen molar-refractivity contribution in [2.45, 2.75) is 452 Å². The predicted octanol–water partition coefficient (Wildman–Crippen LogP) is 24.7. The summed E-state index contributed by atoms with van der Waals surface area (Å²) >= 11 is 0. The summed E-state index contributed by atoms with van der Waals surface area (Å²) in [6, 6.07) is 0. The Morgan fingerprint density at radius 2 is 0.475 bits per heavy atom. The molecule has 0 amide bonds. The van der Waals surface area contributed by atoms with E-state index < -0.39 is 97.5 Å². The minimum Gasteiger partial charge on any atom is -0.462 e. The van der Waals surface area contributed by atoms with Gasteiger partial charge in [-0.15, -0.1) is 0 Å². The van der Waals surface area contributed by atoms with Crippen LogP contribution < -0.4 is 0 Å². The van der Waals surface area contributed by atoms with E-state index in [4.69, 9.17) is 37.0 Å². The molecule has 0 aliphatic carbocycles. The number of aliphatic hydroxyl groups is 1. The number of rotatable bonds is 81. The van der Waals surface area contributed by atoms with Crippen molar-refractivity contribution in [3.63, 3.8) is 0 Å². The van der Waals surface area contributed by atoms with Gasteiger partial charge in [0.05, 0.1) is 26.4 Å². The Kier molecular flexibility index (Phi) is 72.2. The molecule has 0 aromatic rings. The molecule has 600 valence electrons. The second-order valence-corrected chi connectivity index (χ2v) is 32.9. The number of carbonyl (C=O) groups is 4. The van der Waals surface area contributed by atoms with E-state index in [1.165, 1.54) is 250 Å². The van der Waals surface area contributed by atoms with Gasteiger partial charge in [0.2, 0.25) is 0 Å². The Labute approximate surface area is 619 Å². The van der Waals surface area contributed by atoms with Crippen LogP contribution in [0.15, 0.2) is 0 Å². The first-order valence-electron chi connectivity index (χ1n) is 42.6. The van der Waals surface area contributed by atoms with E-state index in [1.807, 2.05) is 0 Å². The first-order valence-corrected chi connectivity index (χ1v) is 45.6. The summed E-state index contributed by atoms with van der Waals surface area (Å²) in [6.45, 7) is 9.63. The van der Waals surface area contributed by atoms with Crippen molar-refractivity contribution < 1.29 is 80.2 Å². The molecule has 0 aliphatic heterocycles. The molecule has 0 radical (unpaired) electrons. The van der Waals surface area contributed by atoms with Gasteiger partial charge >= 0.3 is 39.5 Å². The highest BCUT2D eigenvalue weighted by atomic mass is 31.2. The maximum Gasteiger partial charge on any atom is 0.472 e. The summed E-state index contributed by atoms with van der Waals surface area (Å²) in [5, 5.41) is 10.6. The fourth-order valence-corrected chi connectivity index (χ4v) is 14.2. The van der Waals surface area contributed by atoms with E-state index >= 15 is 0 Å². The van der Waals surface area contributed by atoms with Gasteiger partial charge in [-0.05, 0) is 37.5 Å². The van der Waals surface area contributed by atoms with Crippen LogP contribution in [0.5, 0.6) is 0 Å². The average molecular weight is 1480 g/mol. The minimum atomic E-state index is -4.96. The number of carbonyl (C=O) groups excluding carboxylic acids is 4. The molecule has 0 aromatic heterocycles. The van der Waals surface area contributed by atoms with Crippen molar-refractivity contribution in [3.05, 3.63) is 0 Å². The molecule has 0 saturated heterocycles. The van der Waals surface area contributed by atoms with Gasteiger partial charge in [0, 0.05) is 25.7 Å². The van der Waals surface area contributed by atoms with E-state index in [0.29, 0.717) is 25.7 Å². The summed E-state index contributed by atoms with van der Waals surface area (Å²) in [5.74, 6) is -0.522. The Hall–Kier alpha value is -1.94. The number of unbranched alkanes of at least 4 members (excludes halogenated alkanes) is 49. The van der Waals surface area contributed by atoms with Crippen molar-refractivity contribution in [1.82, 2.24) is 0 Å². The molecule has 3 N–H and O–H groups in total. The Morgan fingerprint density at radius 3 is 0.703 bits per heavy atom. The molecule has 0 aromatic carbocycles. The summed E-state index contributed by atoms with van der Waals surface area (Å²) in [4.78, 5) is 72.9. The molecule has 7 atom stereocenters. The summed E-state index contributed by atoms with van der Waals surface area (Å²) in [6.07, 6.45) is 64.1. The van der Waals surface area contributed by atoms with Crippen molar-refractivity contribution in [2.24, 2.45) is 11.8 Å². The van der Waals surface area contributed by atoms with Crippen LogP contribution in [0.2, 0.25) is 0 Å². The molecule has 0 spiro atoms. The lowest BCUT2D eigenvalue weighted by Gasteiger charge is -2.21. The number of esters is 4. The number of aliphatic hydroxyl groups excluding tert-OH is 1. The van der Waals surface area contributed by atoms with E-state index in [2.05, 4.69) is 41.5 Å². The molecule has 0 fully saturated rings. The number of ether oxygens (including phenoxy) is 4. The number of hydrogen-bond donors (Lipinski definition) is 3. The van der Waals surface area contributed by atoms with Crippen LogP contribution in [0.1, 0.15) is 433 Å². The molecular weight excluding hydrogens is 1320 g/mol. The Morgan fingerprint density at radius 1 is 0.277 bits per heavy atom. The van der Waals surface area contributed by atoms with Crippen LogP contribution in [0, 0.1) is 11.8 Å². The van der Waals surface area contributed by atoms with Crippen LogP contribution in [0.25, 0.3) is 0 Å². The lowest BCUT2D eigenvalue weighted by Crippen LogP contribution is -2.30. The third kappa shape index (κ3) is 73.4. The number of hydrogen-bond acceptors (Lipinski definition) is 15. The first-order chi connectivity index (χ1) is 48.9. The smallest absolute Gasteiger partial charge is 0.462 e. The average Bonchev–Trinajstić information content (AvgIpc) is 0.969. The molecule has 0 saturated carbocycles. The molecule has 17 nitrogen and oxygen atoms in total. The lowest BCUT2D eigenvalue weighted by molar-refractivity contribution is -0.161. The van der Waals surface area contributed by atoms with Gasteiger partial charge in [0.1, 0.15) is 19.3 Å². The van der Waals surface area contributed by atoms with Gasteiger partial charge in [-0.25, -0.2) is 9.13 Å². The zero-order valence-electron chi connectivity index (χ0n) is 66.2. The van der Waals surface area contributed by atoms with Gasteiger partial charge in [0.25, 0.3) is 0 Å². The van der Waals surface area contributed by atoms with Crippen LogP contribution >= 0.6 is 15.6 Å². The molecular formula is C82H160O17P2. The van der Waals surface area contributed by atoms with Gasteiger partial charge < -0.3 is 33.8 Å². The van der Waals surface area contributed by atoms with Crippen LogP contribution in [-0.4, -0.2) is 96.7 Å². The largest absolute Gasteiger partial charge is 0.472 e. The van der Waals surface area contributed by atoms with Gasteiger partial charge in [-0.3, -0.25) is 37.3 Å². The molecule has 0 heterocycles. The van der Waals surface area contributed by atoms with E-state index in [1.54, 1.807) is 0 Å². The SMILES string of the molecule is CCCCCCCCCCCCCCCCCCCCCCC(=O)OC[C@H](COP(=O)(O)OC[C@@H](O)COP(=O)(O)OC[C@@H](COC(=O)CCCCCCCCCCC)OC(=O)CCCCCCCCC(C)CC)OC(=O)CCCCCCCCCCCCCCCCCCCCC(C)CC. The zero-order chi connectivity index (χ0) is 74.2. The standard InChI is InChI=1S/C82H160O17P2/c1-7-11-13-15-17-19-20-21-22-23-24-25-29-32-35-38-42-46-53-59-65-80(85)93-70-77(98-81(86)66-60-54-47-43-39-36-33-30-27-26-28-31-34-37-41-44-50-56-62-74(5)9-3)72-96-100(88,89)94-68-76(83)69-95-101(90,91)97-73-78(71-92-79(84)64-58-52-45-40-18-16-14-12-8-2)99-82(87)67-61-55-49-48-51-57-63-75(6)10-4/h74-78,83H,7-73H2,1-6H3,(H,88,89)(H,90,91)/t74?,75?,76-,77-,78-/m1/s1. The Bertz CT molecular complexity index is 1950. The zero-order valence-corrected chi connectivity index (χ0v) is 68.0. The number of phosphoric ester groups is 2. The summed E-state index contributed by atoms with van der Waals surface area (Å²) in [7, 11) is -9.92. The summed E-state index contributed by atoms with van der Waals surface area (Å²) < 4.78 is 68.6. The third-order valence-corrected chi connectivity index (χ3v) is 21.8. The second kappa shape index (κ2) is 73.6. The molecule has 0 rings (SSSR count). The van der Waals surface area contributed by atoms with E-state index in [0.717, 1.165) is 102 Å². The highest BCUT2D eigenvalue weighted by molar-refractivity contribution is 7.47. The molecule has 19 heteroatoms. The molecule has 0 bridgehead atoms. The van der Waals surface area contributed by atoms with Gasteiger partial charge in [-0.1, -0.05) is 382 Å². The van der Waals surface area contributed by atoms with Gasteiger partial charge in [0.15, 0.2) is 12.2 Å². The van der Waals surface area contributed by atoms with Crippen molar-refractivity contribution in [2.75, 3.05) is 39.6 Å². The van der Waals surface area contributed by atoms with Crippen molar-refractivity contribution in [3.8, 4) is 0 Å². The quantitative estimate of drug-likeness (QED) is 0.0222. The first kappa shape index (κ1) is 99.1. The topological polar surface area (TPSA) is 237 Å². The van der Waals surface area contributed by atoms with Gasteiger partial charge in [-0.2, -0.15) is 0 Å². The van der Waals surface area contributed by atoms with E-state index in [9.17, 15) is 43.2 Å². The highest BCUT2D eigenvalue weighted by Gasteiger charge is 2.30. The predicted molar refractivity (Wildman–Crippen MR) is 414 cm³/mol. The third-order valence-electron chi connectivity index (χ3n) is 19.9. The van der Waals surface area contributed by atoms with Crippen LogP contribution in [0.3, 0.4) is 0 Å². The molecule has 4 unspecified atom stereocenters. The molecule has 101 heavy (non-hydrogen) atoms. The summed E-state index contributed by atoms with van der Waals surface area (Å²) in [5.41, 5.74) is 0. The lowest BCUT2D eigenvalue weighted by atomic mass is 9.99. The maximum absolute atomic E-state index is 13.1. The Balaban J connectivity index is 5.17. The van der Waals surface area contributed by atoms with Crippen LogP contribution in [0.4, 0.5) is 0 Å². The van der Waals surface area contributed by atoms with Crippen molar-refractivity contribution >= 4 is 39.5 Å².